The summed E-state index contributed by atoms with van der Waals surface area (Å²) in [6, 6.07) is 0. The van der Waals surface area contributed by atoms with Crippen molar-refractivity contribution in [3.63, 3.8) is 0 Å². The molecule has 0 aromatic carbocycles. The number of aromatic nitrogens is 5. The molecular weight excluding hydrogens is 244 g/mol. The highest BCUT2D eigenvalue weighted by molar-refractivity contribution is 5.38. The van der Waals surface area contributed by atoms with Gasteiger partial charge in [0, 0.05) is 32.9 Å². The van der Waals surface area contributed by atoms with Crippen molar-refractivity contribution in [1.29, 1.82) is 0 Å². The number of nitrogen functional groups attached to an aromatic ring is 1. The Hall–Kier alpha value is -2.22. The van der Waals surface area contributed by atoms with Crippen LogP contribution in [0.15, 0.2) is 12.4 Å². The van der Waals surface area contributed by atoms with Crippen LogP contribution in [0.25, 0.3) is 5.95 Å². The number of anilines is 2. The van der Waals surface area contributed by atoms with Crippen LogP contribution in [-0.4, -0.2) is 38.6 Å². The number of imidazole rings is 1. The van der Waals surface area contributed by atoms with E-state index in [1.807, 2.05) is 24.9 Å². The van der Waals surface area contributed by atoms with Gasteiger partial charge in [-0.15, -0.1) is 0 Å². The summed E-state index contributed by atoms with van der Waals surface area (Å²) in [5, 5.41) is 0. The summed E-state index contributed by atoms with van der Waals surface area (Å²) in [4.78, 5) is 18.9. The van der Waals surface area contributed by atoms with E-state index in [1.54, 1.807) is 11.1 Å². The second-order valence-corrected chi connectivity index (χ2v) is 4.26. The second kappa shape index (κ2) is 5.61. The van der Waals surface area contributed by atoms with Crippen LogP contribution in [0, 0.1) is 0 Å². The number of hydrazine groups is 1. The van der Waals surface area contributed by atoms with Gasteiger partial charge in [0.25, 0.3) is 0 Å². The molecule has 19 heavy (non-hydrogen) atoms. The minimum atomic E-state index is 0.324. The third-order valence-electron chi connectivity index (χ3n) is 2.55. The van der Waals surface area contributed by atoms with Crippen LogP contribution in [0.1, 0.15) is 19.2 Å². The molecule has 0 unspecified atom stereocenters. The van der Waals surface area contributed by atoms with Crippen LogP contribution < -0.4 is 16.2 Å². The van der Waals surface area contributed by atoms with Crippen LogP contribution in [0.2, 0.25) is 0 Å². The molecule has 0 amide bonds. The number of hydrogen-bond donors (Lipinski definition) is 2. The molecule has 3 N–H and O–H groups in total. The first-order valence-electron chi connectivity index (χ1n) is 6.08. The van der Waals surface area contributed by atoms with Gasteiger partial charge in [0.05, 0.1) is 0 Å². The quantitative estimate of drug-likeness (QED) is 0.593. The fourth-order valence-electron chi connectivity index (χ4n) is 1.65. The Morgan fingerprint density at radius 2 is 2.11 bits per heavy atom. The highest BCUT2D eigenvalue weighted by Crippen LogP contribution is 2.13. The Bertz CT molecular complexity index is 547. The molecule has 2 aromatic rings. The summed E-state index contributed by atoms with van der Waals surface area (Å²) in [7, 11) is 3.72. The van der Waals surface area contributed by atoms with Gasteiger partial charge in [0.15, 0.2) is 0 Å². The topological polar surface area (TPSA) is 97.8 Å². The summed E-state index contributed by atoms with van der Waals surface area (Å²) in [5.41, 5.74) is 2.45. The van der Waals surface area contributed by atoms with Gasteiger partial charge in [-0.05, 0) is 6.42 Å². The number of nitrogens with two attached hydrogens (primary N) is 1. The first kappa shape index (κ1) is 13.2. The summed E-state index contributed by atoms with van der Waals surface area (Å²) in [6.45, 7) is 2.10. The molecule has 2 aromatic heterocycles. The highest BCUT2D eigenvalue weighted by atomic mass is 15.4. The number of hydrogen-bond acceptors (Lipinski definition) is 7. The van der Waals surface area contributed by atoms with Crippen molar-refractivity contribution in [2.45, 2.75) is 19.8 Å². The van der Waals surface area contributed by atoms with E-state index in [1.165, 1.54) is 0 Å². The molecule has 0 atom stereocenters. The normalized spacial score (nSPS) is 10.5. The third kappa shape index (κ3) is 2.79. The molecule has 0 aliphatic carbocycles. The summed E-state index contributed by atoms with van der Waals surface area (Å²) in [6.07, 6.45) is 5.44. The van der Waals surface area contributed by atoms with Crippen LogP contribution in [0.3, 0.4) is 0 Å². The maximum absolute atomic E-state index is 5.39. The van der Waals surface area contributed by atoms with Crippen molar-refractivity contribution >= 4 is 11.9 Å². The van der Waals surface area contributed by atoms with Crippen molar-refractivity contribution in [1.82, 2.24) is 24.5 Å². The molecule has 0 spiro atoms. The van der Waals surface area contributed by atoms with Crippen LogP contribution in [-0.2, 0) is 6.42 Å². The van der Waals surface area contributed by atoms with Crippen molar-refractivity contribution in [2.24, 2.45) is 5.84 Å². The first-order valence-corrected chi connectivity index (χ1v) is 6.08. The molecule has 0 fully saturated rings. The van der Waals surface area contributed by atoms with E-state index in [-0.39, 0.29) is 0 Å². The number of nitrogens with one attached hydrogen (secondary N) is 1. The Balaban J connectivity index is 2.48. The van der Waals surface area contributed by atoms with Crippen molar-refractivity contribution in [3.05, 3.63) is 18.2 Å². The van der Waals surface area contributed by atoms with Gasteiger partial charge >= 0.3 is 0 Å². The number of rotatable bonds is 5. The molecule has 2 rings (SSSR count). The zero-order valence-electron chi connectivity index (χ0n) is 11.3. The second-order valence-electron chi connectivity index (χ2n) is 4.26. The molecule has 0 saturated heterocycles. The van der Waals surface area contributed by atoms with E-state index in [2.05, 4.69) is 32.3 Å². The zero-order chi connectivity index (χ0) is 13.8. The van der Waals surface area contributed by atoms with E-state index in [0.717, 1.165) is 18.7 Å². The minimum Gasteiger partial charge on any atom is -0.347 e. The fourth-order valence-corrected chi connectivity index (χ4v) is 1.65. The van der Waals surface area contributed by atoms with E-state index >= 15 is 0 Å². The molecule has 0 aliphatic rings. The van der Waals surface area contributed by atoms with E-state index < -0.39 is 0 Å². The smallest absolute Gasteiger partial charge is 0.243 e. The lowest BCUT2D eigenvalue weighted by atomic mass is 10.3. The molecule has 102 valence electrons. The van der Waals surface area contributed by atoms with Gasteiger partial charge in [-0.1, -0.05) is 6.92 Å². The van der Waals surface area contributed by atoms with Crippen LogP contribution >= 0.6 is 0 Å². The SMILES string of the molecule is CCCc1nccn1-c1nc(NN)nc(N(C)C)n1. The lowest BCUT2D eigenvalue weighted by Crippen LogP contribution is -2.19. The van der Waals surface area contributed by atoms with E-state index in [0.29, 0.717) is 17.8 Å². The molecule has 8 heteroatoms. The molecule has 0 bridgehead atoms. The number of aryl methyl sites for hydroxylation is 1. The third-order valence-corrected chi connectivity index (χ3v) is 2.55. The first-order chi connectivity index (χ1) is 9.15. The molecule has 0 aliphatic heterocycles. The van der Waals surface area contributed by atoms with Gasteiger partial charge in [0.1, 0.15) is 5.82 Å². The zero-order valence-corrected chi connectivity index (χ0v) is 11.3. The molecule has 0 radical (unpaired) electrons. The maximum Gasteiger partial charge on any atom is 0.243 e. The lowest BCUT2D eigenvalue weighted by molar-refractivity contribution is 0.773. The Kier molecular flexibility index (Phi) is 3.91. The van der Waals surface area contributed by atoms with Gasteiger partial charge in [-0.3, -0.25) is 9.99 Å². The van der Waals surface area contributed by atoms with Gasteiger partial charge in [-0.2, -0.15) is 15.0 Å². The predicted octanol–water partition coefficient (Wildman–Crippen LogP) is 0.361. The average molecular weight is 262 g/mol. The van der Waals surface area contributed by atoms with E-state index in [4.69, 9.17) is 5.84 Å². The highest BCUT2D eigenvalue weighted by Gasteiger charge is 2.11. The summed E-state index contributed by atoms with van der Waals surface area (Å²) in [5.74, 6) is 7.68. The monoisotopic (exact) mass is 262 g/mol. The molecule has 2 heterocycles. The minimum absolute atomic E-state index is 0.324. The van der Waals surface area contributed by atoms with Crippen molar-refractivity contribution in [2.75, 3.05) is 24.4 Å². The summed E-state index contributed by atoms with van der Waals surface area (Å²) >= 11 is 0. The van der Waals surface area contributed by atoms with Crippen LogP contribution in [0.5, 0.6) is 0 Å². The molecular formula is C11H18N8. The Morgan fingerprint density at radius 1 is 1.32 bits per heavy atom. The van der Waals surface area contributed by atoms with Crippen molar-refractivity contribution < 1.29 is 0 Å². The summed E-state index contributed by atoms with van der Waals surface area (Å²) < 4.78 is 1.85. The number of nitrogens with zero attached hydrogens (tertiary/aromatic N) is 6. The van der Waals surface area contributed by atoms with Gasteiger partial charge in [-0.25, -0.2) is 10.8 Å². The Morgan fingerprint density at radius 3 is 2.74 bits per heavy atom. The average Bonchev–Trinajstić information content (AvgIpc) is 2.87. The van der Waals surface area contributed by atoms with Crippen molar-refractivity contribution in [3.8, 4) is 5.95 Å². The van der Waals surface area contributed by atoms with E-state index in [9.17, 15) is 0 Å². The maximum atomic E-state index is 5.39. The fraction of sp³-hybridized carbons (Fsp3) is 0.455. The van der Waals surface area contributed by atoms with Crippen LogP contribution in [0.4, 0.5) is 11.9 Å². The van der Waals surface area contributed by atoms with Gasteiger partial charge < -0.3 is 4.90 Å². The lowest BCUT2D eigenvalue weighted by Gasteiger charge is -2.13. The predicted molar refractivity (Wildman–Crippen MR) is 73.1 cm³/mol. The Labute approximate surface area is 111 Å². The molecule has 8 nitrogen and oxygen atoms in total. The standard InChI is InChI=1S/C11H18N8/c1-4-5-8-13-6-7-19(8)11-15-9(17-12)14-10(16-11)18(2)3/h6-7H,4-5,12H2,1-3H3,(H,14,15,16,17). The van der Waals surface area contributed by atoms with Gasteiger partial charge in [0.2, 0.25) is 17.8 Å². The molecule has 0 saturated carbocycles. The largest absolute Gasteiger partial charge is 0.347 e.